The molecule has 3 nitrogen and oxygen atoms in total. The standard InChI is InChI=1S/C11H18N2O/c1-3-7-13(4-2)11(14)9-5-6-10(12)8-9/h1,9-10H,4-8,12H2,2H3. The highest BCUT2D eigenvalue weighted by molar-refractivity contribution is 5.79. The van der Waals surface area contributed by atoms with Crippen LogP contribution in [-0.2, 0) is 4.79 Å². The molecule has 1 rings (SSSR count). The van der Waals surface area contributed by atoms with Gasteiger partial charge in [-0.2, -0.15) is 0 Å². The molecule has 2 N–H and O–H groups in total. The van der Waals surface area contributed by atoms with Crippen molar-refractivity contribution in [3.8, 4) is 12.3 Å². The lowest BCUT2D eigenvalue weighted by Gasteiger charge is -2.21. The van der Waals surface area contributed by atoms with Crippen LogP contribution in [0.25, 0.3) is 0 Å². The van der Waals surface area contributed by atoms with Gasteiger partial charge in [-0.3, -0.25) is 4.79 Å². The van der Waals surface area contributed by atoms with Gasteiger partial charge in [0.05, 0.1) is 6.54 Å². The van der Waals surface area contributed by atoms with E-state index in [1.54, 1.807) is 4.90 Å². The fourth-order valence-electron chi connectivity index (χ4n) is 1.95. The molecule has 1 amide bonds. The molecule has 1 saturated carbocycles. The molecule has 0 spiro atoms. The van der Waals surface area contributed by atoms with Crippen molar-refractivity contribution in [2.75, 3.05) is 13.1 Å². The number of terminal acetylenes is 1. The van der Waals surface area contributed by atoms with Crippen LogP contribution in [0.2, 0.25) is 0 Å². The number of nitrogens with two attached hydrogens (primary N) is 1. The van der Waals surface area contributed by atoms with Crippen LogP contribution in [0.15, 0.2) is 0 Å². The van der Waals surface area contributed by atoms with Crippen LogP contribution in [0.1, 0.15) is 26.2 Å². The summed E-state index contributed by atoms with van der Waals surface area (Å²) in [6.45, 7) is 3.06. The minimum Gasteiger partial charge on any atom is -0.332 e. The second-order valence-electron chi connectivity index (χ2n) is 3.83. The Morgan fingerprint density at radius 2 is 2.36 bits per heavy atom. The van der Waals surface area contributed by atoms with Crippen LogP contribution in [0, 0.1) is 18.3 Å². The lowest BCUT2D eigenvalue weighted by molar-refractivity contribution is -0.134. The lowest BCUT2D eigenvalue weighted by atomic mass is 10.1. The molecule has 0 saturated heterocycles. The van der Waals surface area contributed by atoms with E-state index in [0.29, 0.717) is 13.1 Å². The molecule has 0 aromatic rings. The van der Waals surface area contributed by atoms with Crippen LogP contribution in [0.3, 0.4) is 0 Å². The van der Waals surface area contributed by atoms with Gasteiger partial charge in [0.1, 0.15) is 0 Å². The Morgan fingerprint density at radius 3 is 2.79 bits per heavy atom. The first kappa shape index (κ1) is 11.1. The fourth-order valence-corrected chi connectivity index (χ4v) is 1.95. The van der Waals surface area contributed by atoms with E-state index in [0.717, 1.165) is 19.3 Å². The summed E-state index contributed by atoms with van der Waals surface area (Å²) >= 11 is 0. The number of rotatable bonds is 3. The maximum absolute atomic E-state index is 11.9. The molecule has 0 aliphatic heterocycles. The summed E-state index contributed by atoms with van der Waals surface area (Å²) in [6.07, 6.45) is 7.90. The molecular formula is C11H18N2O. The number of hydrogen-bond acceptors (Lipinski definition) is 2. The highest BCUT2D eigenvalue weighted by Gasteiger charge is 2.30. The van der Waals surface area contributed by atoms with E-state index in [1.807, 2.05) is 6.92 Å². The first-order valence-electron chi connectivity index (χ1n) is 5.16. The second kappa shape index (κ2) is 5.02. The molecule has 0 aromatic carbocycles. The molecular weight excluding hydrogens is 176 g/mol. The normalized spacial score (nSPS) is 25.8. The summed E-state index contributed by atoms with van der Waals surface area (Å²) in [5.74, 6) is 2.80. The molecule has 0 radical (unpaired) electrons. The molecule has 0 bridgehead atoms. The Kier molecular flexibility index (Phi) is 3.97. The summed E-state index contributed by atoms with van der Waals surface area (Å²) in [5, 5.41) is 0. The topological polar surface area (TPSA) is 46.3 Å². The Bertz CT molecular complexity index is 244. The summed E-state index contributed by atoms with van der Waals surface area (Å²) in [7, 11) is 0. The van der Waals surface area contributed by atoms with E-state index in [1.165, 1.54) is 0 Å². The minimum atomic E-state index is 0.110. The van der Waals surface area contributed by atoms with E-state index in [-0.39, 0.29) is 17.9 Å². The maximum Gasteiger partial charge on any atom is 0.226 e. The smallest absolute Gasteiger partial charge is 0.226 e. The number of nitrogens with zero attached hydrogens (tertiary/aromatic N) is 1. The van der Waals surface area contributed by atoms with Crippen LogP contribution < -0.4 is 5.73 Å². The first-order chi connectivity index (χ1) is 6.69. The predicted molar refractivity (Wildman–Crippen MR) is 56.4 cm³/mol. The predicted octanol–water partition coefficient (Wildman–Crippen LogP) is 0.596. The zero-order chi connectivity index (χ0) is 10.6. The fraction of sp³-hybridized carbons (Fsp3) is 0.727. The Balaban J connectivity index is 2.51. The van der Waals surface area contributed by atoms with Gasteiger partial charge in [-0.25, -0.2) is 0 Å². The molecule has 1 aliphatic carbocycles. The molecule has 78 valence electrons. The van der Waals surface area contributed by atoms with E-state index >= 15 is 0 Å². The minimum absolute atomic E-state index is 0.110. The van der Waals surface area contributed by atoms with Crippen molar-refractivity contribution in [3.63, 3.8) is 0 Å². The third-order valence-corrected chi connectivity index (χ3v) is 2.80. The molecule has 1 fully saturated rings. The van der Waals surface area contributed by atoms with Gasteiger partial charge in [-0.1, -0.05) is 5.92 Å². The molecule has 2 atom stereocenters. The van der Waals surface area contributed by atoms with Crippen molar-refractivity contribution < 1.29 is 4.79 Å². The lowest BCUT2D eigenvalue weighted by Crippen LogP contribution is -2.36. The molecule has 3 heteroatoms. The van der Waals surface area contributed by atoms with Crippen LogP contribution in [0.5, 0.6) is 0 Å². The number of hydrogen-bond donors (Lipinski definition) is 1. The van der Waals surface area contributed by atoms with Crippen molar-refractivity contribution in [1.82, 2.24) is 4.90 Å². The van der Waals surface area contributed by atoms with Crippen molar-refractivity contribution in [2.24, 2.45) is 11.7 Å². The number of carbonyl (C=O) groups excluding carboxylic acids is 1. The van der Waals surface area contributed by atoms with Gasteiger partial charge in [0.15, 0.2) is 0 Å². The van der Waals surface area contributed by atoms with Crippen molar-refractivity contribution in [1.29, 1.82) is 0 Å². The number of amides is 1. The first-order valence-corrected chi connectivity index (χ1v) is 5.16. The van der Waals surface area contributed by atoms with Gasteiger partial charge in [-0.15, -0.1) is 6.42 Å². The van der Waals surface area contributed by atoms with Crippen molar-refractivity contribution in [3.05, 3.63) is 0 Å². The summed E-state index contributed by atoms with van der Waals surface area (Å²) in [4.78, 5) is 13.6. The molecule has 0 heterocycles. The molecule has 14 heavy (non-hydrogen) atoms. The van der Waals surface area contributed by atoms with Gasteiger partial charge in [0.2, 0.25) is 5.91 Å². The zero-order valence-electron chi connectivity index (χ0n) is 8.70. The highest BCUT2D eigenvalue weighted by Crippen LogP contribution is 2.25. The molecule has 1 aliphatic rings. The van der Waals surface area contributed by atoms with E-state index in [9.17, 15) is 4.79 Å². The Labute approximate surface area is 85.6 Å². The summed E-state index contributed by atoms with van der Waals surface area (Å²) in [6, 6.07) is 0.202. The third kappa shape index (κ3) is 2.49. The van der Waals surface area contributed by atoms with E-state index < -0.39 is 0 Å². The molecule has 0 aromatic heterocycles. The third-order valence-electron chi connectivity index (χ3n) is 2.80. The van der Waals surface area contributed by atoms with Crippen LogP contribution in [-0.4, -0.2) is 29.9 Å². The van der Waals surface area contributed by atoms with Crippen LogP contribution in [0.4, 0.5) is 0 Å². The van der Waals surface area contributed by atoms with E-state index in [4.69, 9.17) is 12.2 Å². The SMILES string of the molecule is C#CCN(CC)C(=O)C1CCC(N)C1. The highest BCUT2D eigenvalue weighted by atomic mass is 16.2. The second-order valence-corrected chi connectivity index (χ2v) is 3.83. The van der Waals surface area contributed by atoms with Gasteiger partial charge in [0.25, 0.3) is 0 Å². The molecule has 2 unspecified atom stereocenters. The quantitative estimate of drug-likeness (QED) is 0.669. The average molecular weight is 194 g/mol. The maximum atomic E-state index is 11.9. The van der Waals surface area contributed by atoms with Gasteiger partial charge in [-0.05, 0) is 26.2 Å². The number of carbonyl (C=O) groups is 1. The van der Waals surface area contributed by atoms with Crippen molar-refractivity contribution >= 4 is 5.91 Å². The van der Waals surface area contributed by atoms with Crippen molar-refractivity contribution in [2.45, 2.75) is 32.2 Å². The Morgan fingerprint density at radius 1 is 1.64 bits per heavy atom. The van der Waals surface area contributed by atoms with Crippen LogP contribution >= 0.6 is 0 Å². The monoisotopic (exact) mass is 194 g/mol. The van der Waals surface area contributed by atoms with Gasteiger partial charge in [0, 0.05) is 18.5 Å². The zero-order valence-corrected chi connectivity index (χ0v) is 8.70. The average Bonchev–Trinajstić information content (AvgIpc) is 2.60. The summed E-state index contributed by atoms with van der Waals surface area (Å²) < 4.78 is 0. The van der Waals surface area contributed by atoms with E-state index in [2.05, 4.69) is 5.92 Å². The van der Waals surface area contributed by atoms with Gasteiger partial charge < -0.3 is 10.6 Å². The summed E-state index contributed by atoms with van der Waals surface area (Å²) in [5.41, 5.74) is 5.77. The largest absolute Gasteiger partial charge is 0.332 e. The van der Waals surface area contributed by atoms with Gasteiger partial charge >= 0.3 is 0 Å². The Hall–Kier alpha value is -1.01.